The van der Waals surface area contributed by atoms with Gasteiger partial charge < -0.3 is 24.8 Å². The molecule has 1 aliphatic rings. The van der Waals surface area contributed by atoms with Gasteiger partial charge in [0, 0.05) is 11.6 Å². The Morgan fingerprint density at radius 2 is 1.93 bits per heavy atom. The summed E-state index contributed by atoms with van der Waals surface area (Å²) in [6.07, 6.45) is -10.7. The number of anilines is 1. The third-order valence-corrected chi connectivity index (χ3v) is 8.36. The number of carbonyl (C=O) groups excluding carboxylic acids is 1. The van der Waals surface area contributed by atoms with Gasteiger partial charge in [0.15, 0.2) is 18.0 Å². The molecule has 12 nitrogen and oxygen atoms in total. The van der Waals surface area contributed by atoms with Gasteiger partial charge in [0.2, 0.25) is 0 Å². The zero-order valence-electron chi connectivity index (χ0n) is 23.0. The second-order valence-corrected chi connectivity index (χ2v) is 12.1. The van der Waals surface area contributed by atoms with Crippen LogP contribution in [-0.2, 0) is 23.4 Å². The molecule has 0 spiro atoms. The van der Waals surface area contributed by atoms with E-state index in [1.807, 2.05) is 0 Å². The van der Waals surface area contributed by atoms with E-state index in [1.54, 1.807) is 50.2 Å². The molecule has 4 rings (SSSR count). The van der Waals surface area contributed by atoms with E-state index in [4.69, 9.17) is 35.9 Å². The molecule has 1 fully saturated rings. The number of esters is 1. The number of nitrogen functional groups attached to an aromatic ring is 1. The topological polar surface area (TPSA) is 164 Å². The van der Waals surface area contributed by atoms with E-state index in [1.165, 1.54) is 13.0 Å². The Hall–Kier alpha value is -3.20. The molecule has 2 heterocycles. The standard InChI is InChI=1S/C26H29ClF3N4O8P/c1-13(2)40-23(36)14(3)33-43(38,42-18-10-6-8-15-7-4-5-9-16(15)18)39-12-26(24(29)30)20(28)19(35)22(41-26)34-11-17(27)21(31)32-25(34)37/h4-11,13-14,19-20,22,24,35H,12H2,1-3H3,(H,33,38)(H2,31,32,37). The Labute approximate surface area is 248 Å². The largest absolute Gasteiger partial charge is 0.462 e. The summed E-state index contributed by atoms with van der Waals surface area (Å²) < 4.78 is 80.6. The predicted octanol–water partition coefficient (Wildman–Crippen LogP) is 4.00. The predicted molar refractivity (Wildman–Crippen MR) is 150 cm³/mol. The molecule has 6 atom stereocenters. The van der Waals surface area contributed by atoms with Crippen molar-refractivity contribution >= 4 is 41.9 Å². The molecular weight excluding hydrogens is 620 g/mol. The fraction of sp³-hybridized carbons (Fsp3) is 0.423. The molecule has 2 aromatic carbocycles. The fourth-order valence-corrected chi connectivity index (χ4v) is 6.00. The van der Waals surface area contributed by atoms with E-state index in [9.17, 15) is 28.0 Å². The minimum absolute atomic E-state index is 0.0133. The first kappa shape index (κ1) is 32.7. The maximum atomic E-state index is 15.5. The molecule has 0 bridgehead atoms. The molecule has 0 saturated carbocycles. The van der Waals surface area contributed by atoms with Gasteiger partial charge in [-0.2, -0.15) is 10.1 Å². The van der Waals surface area contributed by atoms with E-state index in [2.05, 4.69) is 10.1 Å². The van der Waals surface area contributed by atoms with Crippen LogP contribution in [0.25, 0.3) is 10.8 Å². The number of fused-ring (bicyclic) bond motifs is 1. The van der Waals surface area contributed by atoms with Crippen LogP contribution < -0.4 is 21.0 Å². The molecule has 1 aromatic heterocycles. The van der Waals surface area contributed by atoms with E-state index in [0.29, 0.717) is 15.3 Å². The number of hydrogen-bond donors (Lipinski definition) is 3. The van der Waals surface area contributed by atoms with Crippen LogP contribution in [0.15, 0.2) is 53.5 Å². The van der Waals surface area contributed by atoms with E-state index >= 15 is 4.39 Å². The van der Waals surface area contributed by atoms with Gasteiger partial charge in [-0.25, -0.2) is 22.5 Å². The number of benzene rings is 2. The van der Waals surface area contributed by atoms with Gasteiger partial charge in [0.25, 0.3) is 6.43 Å². The van der Waals surface area contributed by atoms with E-state index in [0.717, 1.165) is 6.20 Å². The Kier molecular flexibility index (Phi) is 9.74. The number of alkyl halides is 3. The van der Waals surface area contributed by atoms with Gasteiger partial charge in [0.05, 0.1) is 17.7 Å². The van der Waals surface area contributed by atoms with Crippen molar-refractivity contribution in [1.29, 1.82) is 0 Å². The molecular formula is C26H29ClF3N4O8P. The third kappa shape index (κ3) is 6.82. The van der Waals surface area contributed by atoms with E-state index in [-0.39, 0.29) is 10.8 Å². The smallest absolute Gasteiger partial charge is 0.459 e. The summed E-state index contributed by atoms with van der Waals surface area (Å²) in [5.41, 5.74) is 1.04. The number of rotatable bonds is 11. The molecule has 6 unspecified atom stereocenters. The van der Waals surface area contributed by atoms with Crippen molar-refractivity contribution in [1.82, 2.24) is 14.6 Å². The van der Waals surface area contributed by atoms with Crippen molar-refractivity contribution in [3.63, 3.8) is 0 Å². The zero-order chi connectivity index (χ0) is 31.7. The van der Waals surface area contributed by atoms with Gasteiger partial charge in [-0.3, -0.25) is 13.9 Å². The second-order valence-electron chi connectivity index (χ2n) is 10.00. The highest BCUT2D eigenvalue weighted by molar-refractivity contribution is 7.52. The SMILES string of the molecule is CC(C)OC(=O)C(C)NP(=O)(OCC1(C(F)F)OC(n2cc(Cl)c(N)nc2=O)C(O)C1F)Oc1cccc2ccccc12. The molecule has 0 radical (unpaired) electrons. The number of halogens is 4. The van der Waals surface area contributed by atoms with Crippen molar-refractivity contribution in [2.45, 2.75) is 63.4 Å². The van der Waals surface area contributed by atoms with Crippen LogP contribution in [0.2, 0.25) is 5.02 Å². The van der Waals surface area contributed by atoms with Crippen LogP contribution in [-0.4, -0.2) is 63.7 Å². The molecule has 1 aliphatic heterocycles. The number of aliphatic hydroxyl groups excluding tert-OH is 1. The average Bonchev–Trinajstić information content (AvgIpc) is 3.20. The first-order valence-corrected chi connectivity index (χ1v) is 14.8. The van der Waals surface area contributed by atoms with Crippen molar-refractivity contribution in [2.24, 2.45) is 0 Å². The Morgan fingerprint density at radius 3 is 2.60 bits per heavy atom. The lowest BCUT2D eigenvalue weighted by atomic mass is 9.98. The summed E-state index contributed by atoms with van der Waals surface area (Å²) in [5.74, 6) is -1.27. The average molecular weight is 649 g/mol. The molecule has 17 heteroatoms. The van der Waals surface area contributed by atoms with Gasteiger partial charge >= 0.3 is 19.4 Å². The number of nitrogens with one attached hydrogen (secondary N) is 1. The minimum atomic E-state index is -4.83. The van der Waals surface area contributed by atoms with Crippen molar-refractivity contribution in [3.8, 4) is 5.75 Å². The second kappa shape index (κ2) is 12.8. The molecule has 1 saturated heterocycles. The van der Waals surface area contributed by atoms with Gasteiger partial charge in [-0.15, -0.1) is 0 Å². The quantitative estimate of drug-likeness (QED) is 0.203. The molecule has 3 aromatic rings. The lowest BCUT2D eigenvalue weighted by Crippen LogP contribution is -2.51. The first-order valence-electron chi connectivity index (χ1n) is 12.9. The Morgan fingerprint density at radius 1 is 1.26 bits per heavy atom. The molecule has 234 valence electrons. The zero-order valence-corrected chi connectivity index (χ0v) is 24.7. The third-order valence-electron chi connectivity index (χ3n) is 6.46. The summed E-state index contributed by atoms with van der Waals surface area (Å²) in [6.45, 7) is 2.96. The van der Waals surface area contributed by atoms with E-state index < -0.39 is 74.5 Å². The van der Waals surface area contributed by atoms with Crippen LogP contribution in [0, 0.1) is 0 Å². The van der Waals surface area contributed by atoms with Crippen LogP contribution in [0.1, 0.15) is 27.0 Å². The Bertz CT molecular complexity index is 1590. The molecule has 0 amide bonds. The van der Waals surface area contributed by atoms with Gasteiger partial charge in [-0.05, 0) is 32.2 Å². The van der Waals surface area contributed by atoms with Gasteiger partial charge in [0.1, 0.15) is 23.7 Å². The van der Waals surface area contributed by atoms with Crippen LogP contribution in [0.5, 0.6) is 5.75 Å². The summed E-state index contributed by atoms with van der Waals surface area (Å²) in [4.78, 5) is 28.3. The molecule has 0 aliphatic carbocycles. The summed E-state index contributed by atoms with van der Waals surface area (Å²) in [6, 6.07) is 10.2. The summed E-state index contributed by atoms with van der Waals surface area (Å²) >= 11 is 5.88. The summed E-state index contributed by atoms with van der Waals surface area (Å²) in [7, 11) is -4.83. The maximum absolute atomic E-state index is 15.5. The molecule has 43 heavy (non-hydrogen) atoms. The van der Waals surface area contributed by atoms with Gasteiger partial charge in [-0.1, -0.05) is 48.0 Å². The summed E-state index contributed by atoms with van der Waals surface area (Å²) in [5, 5.41) is 13.7. The number of aromatic nitrogens is 2. The number of nitrogens with zero attached hydrogens (tertiary/aromatic N) is 2. The highest BCUT2D eigenvalue weighted by atomic mass is 35.5. The maximum Gasteiger partial charge on any atom is 0.459 e. The number of carbonyl (C=O) groups is 1. The minimum Gasteiger partial charge on any atom is -0.462 e. The van der Waals surface area contributed by atoms with Crippen LogP contribution in [0.4, 0.5) is 19.0 Å². The van der Waals surface area contributed by atoms with Crippen LogP contribution in [0.3, 0.4) is 0 Å². The highest BCUT2D eigenvalue weighted by Crippen LogP contribution is 2.50. The Balaban J connectivity index is 1.69. The van der Waals surface area contributed by atoms with Crippen LogP contribution >= 0.6 is 19.3 Å². The monoisotopic (exact) mass is 648 g/mol. The number of hydrogen-bond acceptors (Lipinski definition) is 10. The lowest BCUT2D eigenvalue weighted by Gasteiger charge is -2.32. The van der Waals surface area contributed by atoms with Crippen molar-refractivity contribution < 1.29 is 46.2 Å². The normalized spacial score (nSPS) is 24.3. The number of aliphatic hydroxyl groups is 1. The van der Waals surface area contributed by atoms with Crippen molar-refractivity contribution in [2.75, 3.05) is 12.3 Å². The highest BCUT2D eigenvalue weighted by Gasteiger charge is 2.63. The number of ether oxygens (including phenoxy) is 2. The van der Waals surface area contributed by atoms with Crippen molar-refractivity contribution in [3.05, 3.63) is 64.2 Å². The fourth-order valence-electron chi connectivity index (χ4n) is 4.31. The molecule has 4 N–H and O–H groups in total. The lowest BCUT2D eigenvalue weighted by molar-refractivity contribution is -0.183. The first-order chi connectivity index (χ1) is 20.2. The number of nitrogens with two attached hydrogens (primary N) is 1.